The Balaban J connectivity index is 1.82. The Bertz CT molecular complexity index is 312. The van der Waals surface area contributed by atoms with E-state index in [0.29, 0.717) is 0 Å². The molecular weight excluding hydrogens is 192 g/mol. The molecule has 1 N–H and O–H groups in total. The molecule has 5 heteroatoms. The maximum Gasteiger partial charge on any atom is 0.240 e. The van der Waals surface area contributed by atoms with Gasteiger partial charge in [-0.2, -0.15) is 4.98 Å². The van der Waals surface area contributed by atoms with E-state index in [2.05, 4.69) is 20.4 Å². The van der Waals surface area contributed by atoms with Gasteiger partial charge in [0.1, 0.15) is 0 Å². The molecule has 0 radical (unpaired) electrons. The van der Waals surface area contributed by atoms with Crippen LogP contribution in [0.25, 0.3) is 0 Å². The molecule has 15 heavy (non-hydrogen) atoms. The third-order valence-corrected chi connectivity index (χ3v) is 2.79. The van der Waals surface area contributed by atoms with Crippen LogP contribution >= 0.6 is 0 Å². The van der Waals surface area contributed by atoms with Gasteiger partial charge in [-0.15, -0.1) is 0 Å². The zero-order valence-electron chi connectivity index (χ0n) is 9.36. The Morgan fingerprint density at radius 2 is 2.47 bits per heavy atom. The smallest absolute Gasteiger partial charge is 0.240 e. The molecule has 0 amide bonds. The van der Waals surface area contributed by atoms with Crippen molar-refractivity contribution >= 4 is 0 Å². The van der Waals surface area contributed by atoms with Crippen LogP contribution in [0.4, 0.5) is 0 Å². The van der Waals surface area contributed by atoms with Gasteiger partial charge in [0.2, 0.25) is 5.89 Å². The van der Waals surface area contributed by atoms with Gasteiger partial charge in [0.25, 0.3) is 0 Å². The molecule has 1 unspecified atom stereocenters. The van der Waals surface area contributed by atoms with Crippen molar-refractivity contribution in [3.63, 3.8) is 0 Å². The van der Waals surface area contributed by atoms with E-state index in [-0.39, 0.29) is 0 Å². The van der Waals surface area contributed by atoms with Crippen LogP contribution in [0.3, 0.4) is 0 Å². The summed E-state index contributed by atoms with van der Waals surface area (Å²) in [6.45, 7) is 6.00. The second-order valence-corrected chi connectivity index (χ2v) is 4.18. The van der Waals surface area contributed by atoms with Crippen LogP contribution in [0.2, 0.25) is 0 Å². The highest BCUT2D eigenvalue weighted by Gasteiger charge is 2.23. The average Bonchev–Trinajstić information content (AvgIpc) is 2.78. The van der Waals surface area contributed by atoms with Crippen molar-refractivity contribution in [3.8, 4) is 0 Å². The van der Waals surface area contributed by atoms with E-state index in [1.165, 1.54) is 6.42 Å². The molecule has 1 atom stereocenters. The first-order valence-corrected chi connectivity index (χ1v) is 5.44. The zero-order chi connectivity index (χ0) is 10.7. The van der Waals surface area contributed by atoms with Crippen molar-refractivity contribution in [1.82, 2.24) is 20.4 Å². The van der Waals surface area contributed by atoms with Crippen molar-refractivity contribution in [1.29, 1.82) is 0 Å². The predicted octanol–water partition coefficient (Wildman–Crippen LogP) is 0.419. The highest BCUT2D eigenvalue weighted by atomic mass is 16.5. The summed E-state index contributed by atoms with van der Waals surface area (Å²) in [7, 11) is 2.00. The molecule has 1 aliphatic heterocycles. The Labute approximate surface area is 89.8 Å². The lowest BCUT2D eigenvalue weighted by Crippen LogP contribution is -2.24. The predicted molar refractivity (Wildman–Crippen MR) is 56.3 cm³/mol. The van der Waals surface area contributed by atoms with Crippen LogP contribution in [-0.2, 0) is 6.54 Å². The summed E-state index contributed by atoms with van der Waals surface area (Å²) >= 11 is 0. The van der Waals surface area contributed by atoms with Crippen molar-refractivity contribution < 1.29 is 4.52 Å². The molecule has 1 aromatic heterocycles. The highest BCUT2D eigenvalue weighted by Crippen LogP contribution is 2.17. The van der Waals surface area contributed by atoms with Crippen LogP contribution in [0, 0.1) is 12.8 Å². The molecule has 2 rings (SSSR count). The fourth-order valence-electron chi connectivity index (χ4n) is 2.11. The minimum absolute atomic E-state index is 0.718. The molecule has 0 spiro atoms. The second kappa shape index (κ2) is 4.72. The Morgan fingerprint density at radius 1 is 1.60 bits per heavy atom. The van der Waals surface area contributed by atoms with Crippen molar-refractivity contribution in [2.45, 2.75) is 19.9 Å². The van der Waals surface area contributed by atoms with Crippen LogP contribution < -0.4 is 5.32 Å². The van der Waals surface area contributed by atoms with Gasteiger partial charge in [0, 0.05) is 6.54 Å². The topological polar surface area (TPSA) is 54.2 Å². The normalized spacial score (nSPS) is 22.4. The summed E-state index contributed by atoms with van der Waals surface area (Å²) in [6.07, 6.45) is 1.26. The summed E-state index contributed by atoms with van der Waals surface area (Å²) in [5.74, 6) is 2.22. The minimum atomic E-state index is 0.718. The van der Waals surface area contributed by atoms with E-state index in [4.69, 9.17) is 4.52 Å². The average molecular weight is 210 g/mol. The maximum absolute atomic E-state index is 5.10. The van der Waals surface area contributed by atoms with Gasteiger partial charge in [-0.3, -0.25) is 4.90 Å². The number of aryl methyl sites for hydroxylation is 1. The molecule has 0 bridgehead atoms. The number of aromatic nitrogens is 2. The first-order chi connectivity index (χ1) is 7.28. The van der Waals surface area contributed by atoms with Crippen LogP contribution in [-0.4, -0.2) is 41.7 Å². The van der Waals surface area contributed by atoms with Crippen molar-refractivity contribution in [3.05, 3.63) is 11.7 Å². The molecule has 84 valence electrons. The van der Waals surface area contributed by atoms with Gasteiger partial charge in [0.15, 0.2) is 5.82 Å². The van der Waals surface area contributed by atoms with Gasteiger partial charge in [-0.1, -0.05) is 5.16 Å². The van der Waals surface area contributed by atoms with Crippen molar-refractivity contribution in [2.75, 3.05) is 26.7 Å². The molecule has 1 aromatic rings. The Kier molecular flexibility index (Phi) is 3.33. The Morgan fingerprint density at radius 3 is 3.13 bits per heavy atom. The van der Waals surface area contributed by atoms with Crippen LogP contribution in [0.15, 0.2) is 4.52 Å². The monoisotopic (exact) mass is 210 g/mol. The lowest BCUT2D eigenvalue weighted by atomic mass is 10.1. The molecule has 5 nitrogen and oxygen atoms in total. The first-order valence-electron chi connectivity index (χ1n) is 5.44. The molecular formula is C10H18N4O. The summed E-state index contributed by atoms with van der Waals surface area (Å²) in [5, 5.41) is 7.01. The Hall–Kier alpha value is -0.940. The third kappa shape index (κ3) is 2.76. The molecule has 0 saturated carbocycles. The van der Waals surface area contributed by atoms with E-state index in [1.807, 2.05) is 14.0 Å². The van der Waals surface area contributed by atoms with E-state index in [9.17, 15) is 0 Å². The number of nitrogens with one attached hydrogen (secondary N) is 1. The summed E-state index contributed by atoms with van der Waals surface area (Å²) in [5.41, 5.74) is 0. The second-order valence-electron chi connectivity index (χ2n) is 4.18. The maximum atomic E-state index is 5.10. The summed E-state index contributed by atoms with van der Waals surface area (Å²) in [6, 6.07) is 0. The van der Waals surface area contributed by atoms with Crippen LogP contribution in [0.1, 0.15) is 18.1 Å². The first kappa shape index (κ1) is 10.6. The number of likely N-dealkylation sites (tertiary alicyclic amines) is 1. The minimum Gasteiger partial charge on any atom is -0.338 e. The van der Waals surface area contributed by atoms with E-state index in [0.717, 1.165) is 43.8 Å². The molecule has 1 fully saturated rings. The quantitative estimate of drug-likeness (QED) is 0.780. The van der Waals surface area contributed by atoms with E-state index >= 15 is 0 Å². The van der Waals surface area contributed by atoms with Gasteiger partial charge >= 0.3 is 0 Å². The highest BCUT2D eigenvalue weighted by molar-refractivity contribution is 4.85. The van der Waals surface area contributed by atoms with E-state index < -0.39 is 0 Å². The SMILES string of the molecule is CNCC1CCN(Cc2nc(C)no2)C1. The number of hydrogen-bond donors (Lipinski definition) is 1. The lowest BCUT2D eigenvalue weighted by Gasteiger charge is -2.12. The standard InChI is InChI=1S/C10H18N4O/c1-8-12-10(15-13-8)7-14-4-3-9(6-14)5-11-2/h9,11H,3-7H2,1-2H3. The number of nitrogens with zero attached hydrogens (tertiary/aromatic N) is 3. The van der Waals surface area contributed by atoms with Gasteiger partial charge in [0.05, 0.1) is 6.54 Å². The summed E-state index contributed by atoms with van der Waals surface area (Å²) in [4.78, 5) is 6.58. The zero-order valence-corrected chi connectivity index (χ0v) is 9.36. The molecule has 0 aromatic carbocycles. The molecule has 1 aliphatic rings. The summed E-state index contributed by atoms with van der Waals surface area (Å²) < 4.78 is 5.10. The molecule has 0 aliphatic carbocycles. The van der Waals surface area contributed by atoms with Gasteiger partial charge in [-0.05, 0) is 39.4 Å². The van der Waals surface area contributed by atoms with Gasteiger partial charge in [-0.25, -0.2) is 0 Å². The van der Waals surface area contributed by atoms with Crippen LogP contribution in [0.5, 0.6) is 0 Å². The fourth-order valence-corrected chi connectivity index (χ4v) is 2.11. The third-order valence-electron chi connectivity index (χ3n) is 2.79. The van der Waals surface area contributed by atoms with Gasteiger partial charge < -0.3 is 9.84 Å². The number of hydrogen-bond acceptors (Lipinski definition) is 5. The fraction of sp³-hybridized carbons (Fsp3) is 0.800. The largest absolute Gasteiger partial charge is 0.338 e. The van der Waals surface area contributed by atoms with Crippen molar-refractivity contribution in [2.24, 2.45) is 5.92 Å². The molecule has 1 saturated heterocycles. The van der Waals surface area contributed by atoms with E-state index in [1.54, 1.807) is 0 Å². The molecule has 2 heterocycles. The lowest BCUT2D eigenvalue weighted by molar-refractivity contribution is 0.259. The number of rotatable bonds is 4.